The van der Waals surface area contributed by atoms with E-state index < -0.39 is 0 Å². The summed E-state index contributed by atoms with van der Waals surface area (Å²) in [5, 5.41) is 9.09. The summed E-state index contributed by atoms with van der Waals surface area (Å²) in [6, 6.07) is 5.26. The summed E-state index contributed by atoms with van der Waals surface area (Å²) in [4.78, 5) is 4.09. The number of halogens is 1. The molecular weight excluding hydrogens is 198 g/mol. The maximum atomic E-state index is 8.72. The topological polar surface area (TPSA) is 62.7 Å². The van der Waals surface area contributed by atoms with Crippen LogP contribution in [0.1, 0.15) is 37.2 Å². The third kappa shape index (κ3) is 2.44. The van der Waals surface area contributed by atoms with Gasteiger partial charge in [-0.2, -0.15) is 5.26 Å². The molecular formula is C10H12ClN3. The van der Waals surface area contributed by atoms with Crippen LogP contribution in [0.5, 0.6) is 0 Å². The van der Waals surface area contributed by atoms with Crippen molar-refractivity contribution >= 4 is 11.6 Å². The Morgan fingerprint density at radius 2 is 2.36 bits per heavy atom. The molecule has 1 atom stereocenters. The van der Waals surface area contributed by atoms with Gasteiger partial charge in [0.25, 0.3) is 0 Å². The minimum absolute atomic E-state index is 0.107. The van der Waals surface area contributed by atoms with Crippen LogP contribution in [-0.4, -0.2) is 4.98 Å². The number of hydrogen-bond acceptors (Lipinski definition) is 3. The van der Waals surface area contributed by atoms with Gasteiger partial charge in [-0.25, -0.2) is 4.98 Å². The van der Waals surface area contributed by atoms with Gasteiger partial charge in [-0.1, -0.05) is 24.9 Å². The summed E-state index contributed by atoms with van der Waals surface area (Å²) in [6.07, 6.45) is 1.85. The molecule has 0 radical (unpaired) electrons. The Balaban J connectivity index is 2.95. The Morgan fingerprint density at radius 1 is 1.64 bits per heavy atom. The quantitative estimate of drug-likeness (QED) is 0.832. The highest BCUT2D eigenvalue weighted by molar-refractivity contribution is 6.31. The first-order valence-corrected chi connectivity index (χ1v) is 4.89. The summed E-state index contributed by atoms with van der Waals surface area (Å²) in [6.45, 7) is 2.06. The molecule has 4 heteroatoms. The molecule has 1 aromatic rings. The van der Waals surface area contributed by atoms with Crippen LogP contribution in [0.4, 0.5) is 0 Å². The van der Waals surface area contributed by atoms with E-state index in [1.165, 1.54) is 0 Å². The summed E-state index contributed by atoms with van der Waals surface area (Å²) in [5.41, 5.74) is 6.84. The molecule has 14 heavy (non-hydrogen) atoms. The Labute approximate surface area is 88.5 Å². The maximum Gasteiger partial charge on any atom is 0.159 e. The zero-order chi connectivity index (χ0) is 10.6. The fourth-order valence-corrected chi connectivity index (χ4v) is 1.35. The predicted octanol–water partition coefficient (Wildman–Crippen LogP) is 2.41. The standard InChI is InChI=1S/C10H12ClN3/c1-2-3-8(13)9-5-4-7(11)10(6-12)14-9/h4-5,8H,2-3,13H2,1H3. The minimum atomic E-state index is -0.107. The van der Waals surface area contributed by atoms with Gasteiger partial charge in [-0.3, -0.25) is 0 Å². The molecule has 0 saturated carbocycles. The van der Waals surface area contributed by atoms with E-state index in [1.54, 1.807) is 12.1 Å². The SMILES string of the molecule is CCCC(N)c1ccc(Cl)c(C#N)n1. The highest BCUT2D eigenvalue weighted by Crippen LogP contribution is 2.18. The van der Waals surface area contributed by atoms with Crippen LogP contribution in [0.15, 0.2) is 12.1 Å². The van der Waals surface area contributed by atoms with Crippen molar-refractivity contribution in [2.75, 3.05) is 0 Å². The number of hydrogen-bond donors (Lipinski definition) is 1. The number of aromatic nitrogens is 1. The molecule has 1 rings (SSSR count). The molecule has 0 aliphatic heterocycles. The zero-order valence-electron chi connectivity index (χ0n) is 8.00. The second kappa shape index (κ2) is 4.94. The van der Waals surface area contributed by atoms with Crippen LogP contribution >= 0.6 is 11.6 Å². The monoisotopic (exact) mass is 209 g/mol. The molecule has 1 unspecified atom stereocenters. The highest BCUT2D eigenvalue weighted by atomic mass is 35.5. The van der Waals surface area contributed by atoms with Crippen molar-refractivity contribution < 1.29 is 0 Å². The molecule has 0 bridgehead atoms. The summed E-state index contributed by atoms with van der Waals surface area (Å²) in [5.74, 6) is 0. The predicted molar refractivity (Wildman–Crippen MR) is 55.8 cm³/mol. The number of nitrogens with two attached hydrogens (primary N) is 1. The van der Waals surface area contributed by atoms with Crippen molar-refractivity contribution in [3.8, 4) is 6.07 Å². The van der Waals surface area contributed by atoms with Gasteiger partial charge in [0.2, 0.25) is 0 Å². The lowest BCUT2D eigenvalue weighted by molar-refractivity contribution is 0.621. The highest BCUT2D eigenvalue weighted by Gasteiger charge is 2.09. The van der Waals surface area contributed by atoms with Crippen molar-refractivity contribution in [3.63, 3.8) is 0 Å². The Hall–Kier alpha value is -1.11. The smallest absolute Gasteiger partial charge is 0.159 e. The van der Waals surface area contributed by atoms with Crippen molar-refractivity contribution in [2.24, 2.45) is 5.73 Å². The molecule has 3 nitrogen and oxygen atoms in total. The van der Waals surface area contributed by atoms with Gasteiger partial charge in [-0.05, 0) is 18.6 Å². The van der Waals surface area contributed by atoms with E-state index >= 15 is 0 Å². The van der Waals surface area contributed by atoms with Gasteiger partial charge in [0.05, 0.1) is 10.7 Å². The third-order valence-electron chi connectivity index (χ3n) is 1.95. The lowest BCUT2D eigenvalue weighted by Crippen LogP contribution is -2.12. The van der Waals surface area contributed by atoms with Gasteiger partial charge in [0, 0.05) is 6.04 Å². The minimum Gasteiger partial charge on any atom is -0.323 e. The maximum absolute atomic E-state index is 8.72. The molecule has 0 aliphatic rings. The first kappa shape index (κ1) is 11.0. The van der Waals surface area contributed by atoms with Gasteiger partial charge >= 0.3 is 0 Å². The lowest BCUT2D eigenvalue weighted by atomic mass is 10.1. The molecule has 0 fully saturated rings. The van der Waals surface area contributed by atoms with Gasteiger partial charge < -0.3 is 5.73 Å². The zero-order valence-corrected chi connectivity index (χ0v) is 8.75. The van der Waals surface area contributed by atoms with Crippen LogP contribution in [0, 0.1) is 11.3 Å². The van der Waals surface area contributed by atoms with Gasteiger partial charge in [0.15, 0.2) is 5.69 Å². The van der Waals surface area contributed by atoms with Crippen molar-refractivity contribution in [2.45, 2.75) is 25.8 Å². The molecule has 74 valence electrons. The van der Waals surface area contributed by atoms with E-state index in [1.807, 2.05) is 6.07 Å². The molecule has 0 aliphatic carbocycles. The van der Waals surface area contributed by atoms with E-state index in [2.05, 4.69) is 11.9 Å². The summed E-state index contributed by atoms with van der Waals surface area (Å²) < 4.78 is 0. The van der Waals surface area contributed by atoms with Crippen LogP contribution in [0.25, 0.3) is 0 Å². The molecule has 0 spiro atoms. The van der Waals surface area contributed by atoms with Crippen molar-refractivity contribution in [3.05, 3.63) is 28.5 Å². The fraction of sp³-hybridized carbons (Fsp3) is 0.400. The fourth-order valence-electron chi connectivity index (χ4n) is 1.20. The normalized spacial score (nSPS) is 12.1. The average Bonchev–Trinajstić information content (AvgIpc) is 2.19. The first-order chi connectivity index (χ1) is 6.69. The largest absolute Gasteiger partial charge is 0.323 e. The number of nitrogens with zero attached hydrogens (tertiary/aromatic N) is 2. The molecule has 2 N–H and O–H groups in total. The van der Waals surface area contributed by atoms with Crippen LogP contribution in [-0.2, 0) is 0 Å². The number of rotatable bonds is 3. The third-order valence-corrected chi connectivity index (χ3v) is 2.26. The van der Waals surface area contributed by atoms with E-state index in [9.17, 15) is 0 Å². The van der Waals surface area contributed by atoms with E-state index in [-0.39, 0.29) is 11.7 Å². The Bertz CT molecular complexity index is 357. The van der Waals surface area contributed by atoms with Crippen molar-refractivity contribution in [1.82, 2.24) is 4.98 Å². The molecule has 0 aromatic carbocycles. The summed E-state index contributed by atoms with van der Waals surface area (Å²) >= 11 is 5.75. The Morgan fingerprint density at radius 3 is 2.93 bits per heavy atom. The molecule has 1 aromatic heterocycles. The van der Waals surface area contributed by atoms with Crippen LogP contribution < -0.4 is 5.73 Å². The van der Waals surface area contributed by atoms with Crippen LogP contribution in [0.3, 0.4) is 0 Å². The number of pyridine rings is 1. The number of nitriles is 1. The summed E-state index contributed by atoms with van der Waals surface area (Å²) in [7, 11) is 0. The van der Waals surface area contributed by atoms with Crippen molar-refractivity contribution in [1.29, 1.82) is 5.26 Å². The second-order valence-electron chi connectivity index (χ2n) is 3.07. The second-order valence-corrected chi connectivity index (χ2v) is 3.48. The van der Waals surface area contributed by atoms with E-state index in [4.69, 9.17) is 22.6 Å². The average molecular weight is 210 g/mol. The molecule has 0 saturated heterocycles. The molecule has 0 amide bonds. The molecule has 1 heterocycles. The first-order valence-electron chi connectivity index (χ1n) is 4.51. The van der Waals surface area contributed by atoms with Crippen LogP contribution in [0.2, 0.25) is 5.02 Å². The van der Waals surface area contributed by atoms with E-state index in [0.717, 1.165) is 18.5 Å². The van der Waals surface area contributed by atoms with E-state index in [0.29, 0.717) is 5.02 Å². The Kier molecular flexibility index (Phi) is 3.87. The van der Waals surface area contributed by atoms with Gasteiger partial charge in [-0.15, -0.1) is 0 Å². The van der Waals surface area contributed by atoms with Gasteiger partial charge in [0.1, 0.15) is 6.07 Å². The lowest BCUT2D eigenvalue weighted by Gasteiger charge is -2.09.